The first-order chi connectivity index (χ1) is 11.1. The molecule has 1 aromatic heterocycles. The Balaban J connectivity index is 2.05. The van der Waals surface area contributed by atoms with Gasteiger partial charge >= 0.3 is 0 Å². The number of phenolic OH excluding ortho intramolecular Hbond substituents is 1. The van der Waals surface area contributed by atoms with E-state index in [4.69, 9.17) is 4.74 Å². The van der Waals surface area contributed by atoms with Crippen LogP contribution < -0.4 is 4.74 Å². The Morgan fingerprint density at radius 3 is 2.87 bits per heavy atom. The highest BCUT2D eigenvalue weighted by atomic mass is 16.5. The molecule has 0 spiro atoms. The molecule has 0 unspecified atom stereocenters. The summed E-state index contributed by atoms with van der Waals surface area (Å²) in [5.74, 6) is 0.929. The number of nitriles is 1. The maximum absolute atomic E-state index is 9.64. The number of phenols is 1. The van der Waals surface area contributed by atoms with Crippen LogP contribution in [0.25, 0.3) is 22.7 Å². The van der Waals surface area contributed by atoms with Gasteiger partial charge in [-0.2, -0.15) is 5.26 Å². The number of aryl methyl sites for hydroxylation is 1. The van der Waals surface area contributed by atoms with Crippen molar-refractivity contribution in [1.29, 1.82) is 5.26 Å². The van der Waals surface area contributed by atoms with Gasteiger partial charge in [0.15, 0.2) is 11.5 Å². The third-order valence-corrected chi connectivity index (χ3v) is 3.53. The molecular formula is C18H15N3O2. The largest absolute Gasteiger partial charge is 0.504 e. The number of benzene rings is 2. The summed E-state index contributed by atoms with van der Waals surface area (Å²) in [6, 6.07) is 13.0. The molecule has 2 aromatic carbocycles. The zero-order chi connectivity index (χ0) is 16.4. The van der Waals surface area contributed by atoms with Crippen molar-refractivity contribution in [3.05, 3.63) is 53.3 Å². The maximum atomic E-state index is 9.64. The predicted molar refractivity (Wildman–Crippen MR) is 89.0 cm³/mol. The van der Waals surface area contributed by atoms with E-state index in [-0.39, 0.29) is 5.75 Å². The summed E-state index contributed by atoms with van der Waals surface area (Å²) in [6.45, 7) is 2.00. The standard InChI is InChI=1S/C18H15N3O2/c1-11-3-5-14-15(7-11)21-18(20-14)13(10-19)8-12-4-6-16(22)17(9-12)23-2/h3-9,22H,1-2H3,(H,20,21)/b13-8-. The predicted octanol–water partition coefficient (Wildman–Crippen LogP) is 3.65. The van der Waals surface area contributed by atoms with Gasteiger partial charge in [-0.3, -0.25) is 0 Å². The molecule has 3 rings (SSSR count). The van der Waals surface area contributed by atoms with Gasteiger partial charge in [-0.1, -0.05) is 12.1 Å². The van der Waals surface area contributed by atoms with Gasteiger partial charge in [0.1, 0.15) is 11.9 Å². The lowest BCUT2D eigenvalue weighted by Gasteiger charge is -2.04. The van der Waals surface area contributed by atoms with Crippen LogP contribution in [0.3, 0.4) is 0 Å². The maximum Gasteiger partial charge on any atom is 0.161 e. The molecule has 5 heteroatoms. The molecule has 0 bridgehead atoms. The van der Waals surface area contributed by atoms with E-state index in [9.17, 15) is 10.4 Å². The molecule has 0 fully saturated rings. The zero-order valence-corrected chi connectivity index (χ0v) is 12.8. The minimum atomic E-state index is 0.0577. The molecule has 0 amide bonds. The Hall–Kier alpha value is -3.26. The average Bonchev–Trinajstić information content (AvgIpc) is 2.96. The Morgan fingerprint density at radius 2 is 2.13 bits per heavy atom. The normalized spacial score (nSPS) is 11.4. The van der Waals surface area contributed by atoms with E-state index >= 15 is 0 Å². The van der Waals surface area contributed by atoms with E-state index in [1.165, 1.54) is 13.2 Å². The van der Waals surface area contributed by atoms with Gasteiger partial charge in [-0.15, -0.1) is 0 Å². The third-order valence-electron chi connectivity index (χ3n) is 3.53. The Morgan fingerprint density at radius 1 is 1.30 bits per heavy atom. The van der Waals surface area contributed by atoms with Crippen LogP contribution in [0.1, 0.15) is 17.0 Å². The van der Waals surface area contributed by atoms with E-state index in [1.807, 2.05) is 25.1 Å². The summed E-state index contributed by atoms with van der Waals surface area (Å²) in [6.07, 6.45) is 1.70. The lowest BCUT2D eigenvalue weighted by atomic mass is 10.1. The molecule has 0 radical (unpaired) electrons. The van der Waals surface area contributed by atoms with Crippen LogP contribution >= 0.6 is 0 Å². The molecule has 23 heavy (non-hydrogen) atoms. The van der Waals surface area contributed by atoms with Crippen molar-refractivity contribution in [1.82, 2.24) is 9.97 Å². The molecule has 2 N–H and O–H groups in total. The van der Waals surface area contributed by atoms with Gasteiger partial charge in [0, 0.05) is 0 Å². The summed E-state index contributed by atoms with van der Waals surface area (Å²) in [5, 5.41) is 19.1. The Labute approximate surface area is 133 Å². The van der Waals surface area contributed by atoms with E-state index in [2.05, 4.69) is 16.0 Å². The Bertz CT molecular complexity index is 949. The first kappa shape index (κ1) is 14.7. The number of allylic oxidation sites excluding steroid dienone is 1. The molecular weight excluding hydrogens is 290 g/mol. The second-order valence-electron chi connectivity index (χ2n) is 5.21. The van der Waals surface area contributed by atoms with Crippen molar-refractivity contribution in [3.63, 3.8) is 0 Å². The number of nitrogens with one attached hydrogen (secondary N) is 1. The van der Waals surface area contributed by atoms with Crippen LogP contribution in [0.2, 0.25) is 0 Å². The van der Waals surface area contributed by atoms with Crippen LogP contribution in [0.5, 0.6) is 11.5 Å². The number of ether oxygens (including phenoxy) is 1. The number of hydrogen-bond acceptors (Lipinski definition) is 4. The highest BCUT2D eigenvalue weighted by molar-refractivity contribution is 5.90. The highest BCUT2D eigenvalue weighted by Gasteiger charge is 2.09. The van der Waals surface area contributed by atoms with Crippen molar-refractivity contribution in [3.8, 4) is 17.6 Å². The first-order valence-corrected chi connectivity index (χ1v) is 7.06. The third kappa shape index (κ3) is 2.87. The number of aromatic nitrogens is 2. The molecule has 0 aliphatic carbocycles. The van der Waals surface area contributed by atoms with E-state index < -0.39 is 0 Å². The lowest BCUT2D eigenvalue weighted by molar-refractivity contribution is 0.373. The highest BCUT2D eigenvalue weighted by Crippen LogP contribution is 2.28. The van der Waals surface area contributed by atoms with Crippen LogP contribution in [0.15, 0.2) is 36.4 Å². The fraction of sp³-hybridized carbons (Fsp3) is 0.111. The lowest BCUT2D eigenvalue weighted by Crippen LogP contribution is -1.87. The van der Waals surface area contributed by atoms with Crippen molar-refractivity contribution in [2.75, 3.05) is 7.11 Å². The number of methoxy groups -OCH3 is 1. The SMILES string of the molecule is COc1cc(/C=C(/C#N)c2nc3ccc(C)cc3[nH]2)ccc1O. The number of nitrogens with zero attached hydrogens (tertiary/aromatic N) is 2. The summed E-state index contributed by atoms with van der Waals surface area (Å²) >= 11 is 0. The minimum Gasteiger partial charge on any atom is -0.504 e. The summed E-state index contributed by atoms with van der Waals surface area (Å²) in [7, 11) is 1.48. The fourth-order valence-corrected chi connectivity index (χ4v) is 2.36. The molecule has 3 aromatic rings. The van der Waals surface area contributed by atoms with Crippen molar-refractivity contribution >= 4 is 22.7 Å². The molecule has 1 heterocycles. The molecule has 0 atom stereocenters. The van der Waals surface area contributed by atoms with Gasteiger partial charge in [-0.25, -0.2) is 4.98 Å². The van der Waals surface area contributed by atoms with Gasteiger partial charge in [-0.05, 0) is 48.4 Å². The number of rotatable bonds is 3. The number of imidazole rings is 1. The molecule has 114 valence electrons. The van der Waals surface area contributed by atoms with Crippen molar-refractivity contribution in [2.24, 2.45) is 0 Å². The van der Waals surface area contributed by atoms with Crippen LogP contribution in [-0.4, -0.2) is 22.2 Å². The minimum absolute atomic E-state index is 0.0577. The van der Waals surface area contributed by atoms with Gasteiger partial charge in [0.2, 0.25) is 0 Å². The van der Waals surface area contributed by atoms with Gasteiger partial charge in [0.05, 0.1) is 23.7 Å². The average molecular weight is 305 g/mol. The number of hydrogen-bond donors (Lipinski definition) is 2. The number of H-pyrrole nitrogens is 1. The van der Waals surface area contributed by atoms with E-state index in [0.717, 1.165) is 22.2 Å². The van der Waals surface area contributed by atoms with Gasteiger partial charge in [0.25, 0.3) is 0 Å². The topological polar surface area (TPSA) is 81.9 Å². The van der Waals surface area contributed by atoms with Crippen LogP contribution in [0.4, 0.5) is 0 Å². The molecule has 0 aliphatic rings. The van der Waals surface area contributed by atoms with Gasteiger partial charge < -0.3 is 14.8 Å². The summed E-state index contributed by atoms with van der Waals surface area (Å²) < 4.78 is 5.08. The number of aromatic amines is 1. The van der Waals surface area contributed by atoms with Crippen LogP contribution in [0, 0.1) is 18.3 Å². The van der Waals surface area contributed by atoms with Crippen LogP contribution in [-0.2, 0) is 0 Å². The monoisotopic (exact) mass is 305 g/mol. The Kier molecular flexibility index (Phi) is 3.73. The second kappa shape index (κ2) is 5.85. The molecule has 0 saturated carbocycles. The number of fused-ring (bicyclic) bond motifs is 1. The van der Waals surface area contributed by atoms with Crippen molar-refractivity contribution in [2.45, 2.75) is 6.92 Å². The quantitative estimate of drug-likeness (QED) is 0.724. The van der Waals surface area contributed by atoms with E-state index in [0.29, 0.717) is 17.1 Å². The smallest absolute Gasteiger partial charge is 0.161 e. The summed E-state index contributed by atoms with van der Waals surface area (Å²) in [4.78, 5) is 7.62. The second-order valence-corrected chi connectivity index (χ2v) is 5.21. The summed E-state index contributed by atoms with van der Waals surface area (Å²) in [5.41, 5.74) is 3.98. The fourth-order valence-electron chi connectivity index (χ4n) is 2.36. The molecule has 5 nitrogen and oxygen atoms in total. The molecule has 0 aliphatic heterocycles. The first-order valence-electron chi connectivity index (χ1n) is 7.06. The molecule has 0 saturated heterocycles. The number of aromatic hydroxyl groups is 1. The zero-order valence-electron chi connectivity index (χ0n) is 12.8. The van der Waals surface area contributed by atoms with Crippen molar-refractivity contribution < 1.29 is 9.84 Å². The van der Waals surface area contributed by atoms with E-state index in [1.54, 1.807) is 18.2 Å².